The summed E-state index contributed by atoms with van der Waals surface area (Å²) in [5.41, 5.74) is 4.68. The standard InChI is InChI=1S/C23H21BrN2O4/c1-28-21-10-8-17(12-22(21)29-2)14-25-26-23(27)19-13-18(24)9-11-20(19)30-15-16-6-4-3-5-7-16/h3-14H,15H2,1-2H3,(H,26,27)/b25-14-. The van der Waals surface area contributed by atoms with Crippen LogP contribution in [0.5, 0.6) is 17.2 Å². The van der Waals surface area contributed by atoms with Crippen molar-refractivity contribution in [2.75, 3.05) is 14.2 Å². The van der Waals surface area contributed by atoms with E-state index >= 15 is 0 Å². The maximum absolute atomic E-state index is 12.7. The van der Waals surface area contributed by atoms with E-state index in [0.29, 0.717) is 29.4 Å². The monoisotopic (exact) mass is 468 g/mol. The first-order chi connectivity index (χ1) is 14.6. The highest BCUT2D eigenvalue weighted by molar-refractivity contribution is 9.10. The molecule has 0 aliphatic carbocycles. The highest BCUT2D eigenvalue weighted by Gasteiger charge is 2.13. The predicted octanol–water partition coefficient (Wildman–Crippen LogP) is 4.81. The van der Waals surface area contributed by atoms with Crippen LogP contribution in [0.4, 0.5) is 0 Å². The number of nitrogens with one attached hydrogen (secondary N) is 1. The van der Waals surface area contributed by atoms with Gasteiger partial charge in [-0.2, -0.15) is 5.10 Å². The van der Waals surface area contributed by atoms with Crippen LogP contribution >= 0.6 is 15.9 Å². The lowest BCUT2D eigenvalue weighted by atomic mass is 10.2. The number of nitrogens with zero attached hydrogens (tertiary/aromatic N) is 1. The van der Waals surface area contributed by atoms with Gasteiger partial charge in [0.1, 0.15) is 12.4 Å². The molecule has 0 fully saturated rings. The third-order valence-electron chi connectivity index (χ3n) is 4.21. The van der Waals surface area contributed by atoms with Crippen molar-refractivity contribution < 1.29 is 19.0 Å². The van der Waals surface area contributed by atoms with Crippen molar-refractivity contribution in [2.45, 2.75) is 6.61 Å². The Hall–Kier alpha value is -3.32. The number of hydrogen-bond acceptors (Lipinski definition) is 5. The second-order valence-electron chi connectivity index (χ2n) is 6.23. The summed E-state index contributed by atoms with van der Waals surface area (Å²) < 4.78 is 17.1. The number of rotatable bonds is 8. The summed E-state index contributed by atoms with van der Waals surface area (Å²) in [6.45, 7) is 0.359. The largest absolute Gasteiger partial charge is 0.493 e. The molecular weight excluding hydrogens is 448 g/mol. The predicted molar refractivity (Wildman–Crippen MR) is 120 cm³/mol. The molecule has 0 spiro atoms. The van der Waals surface area contributed by atoms with Crippen molar-refractivity contribution >= 4 is 28.1 Å². The van der Waals surface area contributed by atoms with E-state index in [0.717, 1.165) is 15.6 Å². The number of amides is 1. The van der Waals surface area contributed by atoms with Crippen LogP contribution in [0.2, 0.25) is 0 Å². The van der Waals surface area contributed by atoms with Crippen LogP contribution in [0.25, 0.3) is 0 Å². The summed E-state index contributed by atoms with van der Waals surface area (Å²) in [6.07, 6.45) is 1.53. The molecule has 0 aromatic heterocycles. The summed E-state index contributed by atoms with van der Waals surface area (Å²) in [6, 6.07) is 20.4. The van der Waals surface area contributed by atoms with Crippen LogP contribution < -0.4 is 19.6 Å². The summed E-state index contributed by atoms with van der Waals surface area (Å²) in [5.74, 6) is 1.29. The lowest BCUT2D eigenvalue weighted by Gasteiger charge is -2.11. The first kappa shape index (κ1) is 21.4. The van der Waals surface area contributed by atoms with Crippen molar-refractivity contribution in [1.82, 2.24) is 5.43 Å². The fourth-order valence-corrected chi connectivity index (χ4v) is 3.06. The number of hydrazone groups is 1. The molecule has 30 heavy (non-hydrogen) atoms. The highest BCUT2D eigenvalue weighted by Crippen LogP contribution is 2.27. The van der Waals surface area contributed by atoms with Crippen molar-refractivity contribution in [3.63, 3.8) is 0 Å². The van der Waals surface area contributed by atoms with Gasteiger partial charge in [0.15, 0.2) is 11.5 Å². The van der Waals surface area contributed by atoms with Crippen molar-refractivity contribution in [3.05, 3.63) is 87.9 Å². The number of benzene rings is 3. The average Bonchev–Trinajstić information content (AvgIpc) is 2.78. The molecule has 154 valence electrons. The van der Waals surface area contributed by atoms with Crippen LogP contribution in [0, 0.1) is 0 Å². The summed E-state index contributed by atoms with van der Waals surface area (Å²) in [7, 11) is 3.13. The normalized spacial score (nSPS) is 10.6. The molecule has 7 heteroatoms. The van der Waals surface area contributed by atoms with E-state index in [1.165, 1.54) is 6.21 Å². The van der Waals surface area contributed by atoms with E-state index < -0.39 is 0 Å². The van der Waals surface area contributed by atoms with E-state index in [9.17, 15) is 4.79 Å². The Morgan fingerprint density at radius 1 is 0.967 bits per heavy atom. The van der Waals surface area contributed by atoms with Gasteiger partial charge in [-0.25, -0.2) is 5.43 Å². The lowest BCUT2D eigenvalue weighted by molar-refractivity contribution is 0.0950. The van der Waals surface area contributed by atoms with Gasteiger partial charge in [0, 0.05) is 4.47 Å². The van der Waals surface area contributed by atoms with Gasteiger partial charge in [-0.1, -0.05) is 46.3 Å². The number of hydrogen-bond donors (Lipinski definition) is 1. The molecule has 0 aliphatic heterocycles. The van der Waals surface area contributed by atoms with Crippen LogP contribution in [0.1, 0.15) is 21.5 Å². The van der Waals surface area contributed by atoms with Gasteiger partial charge in [0.2, 0.25) is 0 Å². The molecule has 1 amide bonds. The number of carbonyl (C=O) groups excluding carboxylic acids is 1. The lowest BCUT2D eigenvalue weighted by Crippen LogP contribution is -2.18. The smallest absolute Gasteiger partial charge is 0.275 e. The van der Waals surface area contributed by atoms with Gasteiger partial charge in [0.05, 0.1) is 26.0 Å². The Labute approximate surface area is 183 Å². The molecule has 0 saturated carbocycles. The minimum atomic E-state index is -0.379. The number of ether oxygens (including phenoxy) is 3. The molecular formula is C23H21BrN2O4. The fraction of sp³-hybridized carbons (Fsp3) is 0.130. The van der Waals surface area contributed by atoms with Crippen molar-refractivity contribution in [3.8, 4) is 17.2 Å². The van der Waals surface area contributed by atoms with Crippen molar-refractivity contribution in [2.24, 2.45) is 5.10 Å². The molecule has 0 bridgehead atoms. The molecule has 3 aromatic carbocycles. The minimum Gasteiger partial charge on any atom is -0.493 e. The molecule has 0 saturated heterocycles. The van der Waals surface area contributed by atoms with Gasteiger partial charge < -0.3 is 14.2 Å². The van der Waals surface area contributed by atoms with Crippen LogP contribution in [-0.4, -0.2) is 26.3 Å². The van der Waals surface area contributed by atoms with Gasteiger partial charge in [-0.15, -0.1) is 0 Å². The van der Waals surface area contributed by atoms with Crippen LogP contribution in [-0.2, 0) is 6.61 Å². The highest BCUT2D eigenvalue weighted by atomic mass is 79.9. The Balaban J connectivity index is 1.70. The summed E-state index contributed by atoms with van der Waals surface area (Å²) >= 11 is 3.40. The van der Waals surface area contributed by atoms with E-state index in [4.69, 9.17) is 14.2 Å². The Morgan fingerprint density at radius 3 is 2.43 bits per heavy atom. The van der Waals surface area contributed by atoms with Gasteiger partial charge in [0.25, 0.3) is 5.91 Å². The Bertz CT molecular complexity index is 1040. The van der Waals surface area contributed by atoms with Gasteiger partial charge in [-0.05, 0) is 47.5 Å². The molecule has 0 heterocycles. The third kappa shape index (κ3) is 5.61. The van der Waals surface area contributed by atoms with E-state index in [1.54, 1.807) is 38.5 Å². The second kappa shape index (κ2) is 10.5. The van der Waals surface area contributed by atoms with Gasteiger partial charge in [-0.3, -0.25) is 4.79 Å². The Morgan fingerprint density at radius 2 is 1.70 bits per heavy atom. The molecule has 0 unspecified atom stereocenters. The number of methoxy groups -OCH3 is 2. The zero-order valence-corrected chi connectivity index (χ0v) is 18.2. The molecule has 0 atom stereocenters. The molecule has 3 aromatic rings. The van der Waals surface area contributed by atoms with Crippen molar-refractivity contribution in [1.29, 1.82) is 0 Å². The SMILES string of the molecule is COc1ccc(/C=N\NC(=O)c2cc(Br)ccc2OCc2ccccc2)cc1OC. The molecule has 0 radical (unpaired) electrons. The van der Waals surface area contributed by atoms with E-state index in [1.807, 2.05) is 42.5 Å². The minimum absolute atomic E-state index is 0.359. The first-order valence-corrected chi connectivity index (χ1v) is 9.91. The van der Waals surface area contributed by atoms with Crippen LogP contribution in [0.3, 0.4) is 0 Å². The fourth-order valence-electron chi connectivity index (χ4n) is 2.70. The maximum Gasteiger partial charge on any atom is 0.275 e. The first-order valence-electron chi connectivity index (χ1n) is 9.12. The molecule has 3 rings (SSSR count). The Kier molecular flexibility index (Phi) is 7.45. The molecule has 0 aliphatic rings. The number of halogens is 1. The zero-order chi connectivity index (χ0) is 21.3. The third-order valence-corrected chi connectivity index (χ3v) is 4.70. The second-order valence-corrected chi connectivity index (χ2v) is 7.14. The number of carbonyl (C=O) groups is 1. The molecule has 1 N–H and O–H groups in total. The van der Waals surface area contributed by atoms with Gasteiger partial charge >= 0.3 is 0 Å². The van der Waals surface area contributed by atoms with E-state index in [-0.39, 0.29) is 5.91 Å². The maximum atomic E-state index is 12.7. The average molecular weight is 469 g/mol. The molecule has 6 nitrogen and oxygen atoms in total. The zero-order valence-electron chi connectivity index (χ0n) is 16.6. The summed E-state index contributed by atoms with van der Waals surface area (Å²) in [5, 5.41) is 4.05. The van der Waals surface area contributed by atoms with Crippen LogP contribution in [0.15, 0.2) is 76.3 Å². The van der Waals surface area contributed by atoms with E-state index in [2.05, 4.69) is 26.5 Å². The topological polar surface area (TPSA) is 69.2 Å². The summed E-state index contributed by atoms with van der Waals surface area (Å²) in [4.78, 5) is 12.7. The quantitative estimate of drug-likeness (QED) is 0.380.